The van der Waals surface area contributed by atoms with Crippen LogP contribution in [-0.2, 0) is 20.9 Å². The van der Waals surface area contributed by atoms with Gasteiger partial charge in [0.15, 0.2) is 0 Å². The standard InChI is InChI=1S/C19H21N3O8S/c1-10(23)15-13-8-14(16(18(25)26)21(13)17(15)24)31-7-6-20-19(27)30-9-11-2-4-12(5-3-11)22(28)29/h2-5,10,13,15,23H,6-9H2,1H3,(H,20,27)(H,25,26)/t10-,13-,15-/m1/s1. The van der Waals surface area contributed by atoms with Gasteiger partial charge in [0.25, 0.3) is 5.69 Å². The van der Waals surface area contributed by atoms with Crippen LogP contribution < -0.4 is 5.32 Å². The fraction of sp³-hybridized carbons (Fsp3) is 0.421. The molecule has 2 aliphatic heterocycles. The first-order valence-corrected chi connectivity index (χ1v) is 10.4. The SMILES string of the molecule is C[C@@H](O)[C@H]1C(=O)N2C(C(=O)O)=C(SCCNC(=O)OCc3ccc([N+](=O)[O-])cc3)C[C@H]12. The van der Waals surface area contributed by atoms with Crippen molar-refractivity contribution in [3.63, 3.8) is 0 Å². The van der Waals surface area contributed by atoms with Crippen molar-refractivity contribution in [3.05, 3.63) is 50.5 Å². The van der Waals surface area contributed by atoms with Crippen molar-refractivity contribution >= 4 is 35.4 Å². The van der Waals surface area contributed by atoms with Gasteiger partial charge in [0.2, 0.25) is 5.91 Å². The quantitative estimate of drug-likeness (QED) is 0.219. The second-order valence-electron chi connectivity index (χ2n) is 7.10. The number of nitro groups is 1. The molecule has 1 aromatic carbocycles. The van der Waals surface area contributed by atoms with Gasteiger partial charge in [-0.2, -0.15) is 0 Å². The molecule has 0 spiro atoms. The van der Waals surface area contributed by atoms with E-state index in [1.54, 1.807) is 0 Å². The van der Waals surface area contributed by atoms with E-state index in [1.807, 2.05) is 0 Å². The van der Waals surface area contributed by atoms with Gasteiger partial charge in [-0.05, 0) is 24.6 Å². The minimum absolute atomic E-state index is 0.0508. The summed E-state index contributed by atoms with van der Waals surface area (Å²) in [5, 5.41) is 32.4. The molecule has 31 heavy (non-hydrogen) atoms. The van der Waals surface area contributed by atoms with Gasteiger partial charge in [-0.3, -0.25) is 14.9 Å². The van der Waals surface area contributed by atoms with Gasteiger partial charge in [-0.1, -0.05) is 0 Å². The maximum absolute atomic E-state index is 12.2. The van der Waals surface area contributed by atoms with Crippen LogP contribution in [0.3, 0.4) is 0 Å². The Morgan fingerprint density at radius 1 is 1.39 bits per heavy atom. The lowest BCUT2D eigenvalue weighted by atomic mass is 9.83. The maximum Gasteiger partial charge on any atom is 0.407 e. The fourth-order valence-corrected chi connectivity index (χ4v) is 4.66. The Morgan fingerprint density at radius 3 is 2.65 bits per heavy atom. The van der Waals surface area contributed by atoms with Gasteiger partial charge >= 0.3 is 12.1 Å². The number of nitro benzene ring substituents is 1. The number of carbonyl (C=O) groups excluding carboxylic acids is 2. The Kier molecular flexibility index (Phi) is 6.81. The van der Waals surface area contributed by atoms with E-state index in [2.05, 4.69) is 5.32 Å². The van der Waals surface area contributed by atoms with E-state index in [0.29, 0.717) is 22.6 Å². The molecule has 12 heteroatoms. The van der Waals surface area contributed by atoms with Crippen molar-refractivity contribution in [2.24, 2.45) is 5.92 Å². The summed E-state index contributed by atoms with van der Waals surface area (Å²) in [6.45, 7) is 1.67. The molecule has 1 fully saturated rings. The number of ether oxygens (including phenoxy) is 1. The first kappa shape index (κ1) is 22.6. The monoisotopic (exact) mass is 451 g/mol. The van der Waals surface area contributed by atoms with Gasteiger partial charge < -0.3 is 25.2 Å². The van der Waals surface area contributed by atoms with Crippen LogP contribution in [0.15, 0.2) is 34.9 Å². The zero-order chi connectivity index (χ0) is 22.7. The molecule has 2 heterocycles. The summed E-state index contributed by atoms with van der Waals surface area (Å²) in [4.78, 5) is 47.4. The molecule has 0 bridgehead atoms. The summed E-state index contributed by atoms with van der Waals surface area (Å²) >= 11 is 1.23. The molecule has 0 unspecified atom stereocenters. The van der Waals surface area contributed by atoms with Gasteiger partial charge in [-0.15, -0.1) is 11.8 Å². The van der Waals surface area contributed by atoms with Crippen LogP contribution in [0.1, 0.15) is 18.9 Å². The van der Waals surface area contributed by atoms with Crippen molar-refractivity contribution in [2.75, 3.05) is 12.3 Å². The number of thioether (sulfide) groups is 1. The highest BCUT2D eigenvalue weighted by Crippen LogP contribution is 2.46. The van der Waals surface area contributed by atoms with Crippen LogP contribution in [0.2, 0.25) is 0 Å². The number of carboxylic acid groups (broad SMARTS) is 1. The molecular weight excluding hydrogens is 430 g/mol. The third-order valence-corrected chi connectivity index (χ3v) is 6.17. The van der Waals surface area contributed by atoms with E-state index in [1.165, 1.54) is 47.9 Å². The number of hydrogen-bond acceptors (Lipinski definition) is 8. The molecule has 3 rings (SSSR count). The van der Waals surface area contributed by atoms with Gasteiger partial charge in [0.1, 0.15) is 12.3 Å². The number of carbonyl (C=O) groups is 3. The minimum Gasteiger partial charge on any atom is -0.477 e. The lowest BCUT2D eigenvalue weighted by molar-refractivity contribution is -0.384. The Hall–Kier alpha value is -3.12. The number of amides is 2. The van der Waals surface area contributed by atoms with Crippen molar-refractivity contribution in [2.45, 2.75) is 32.1 Å². The van der Waals surface area contributed by atoms with Crippen molar-refractivity contribution in [1.29, 1.82) is 0 Å². The van der Waals surface area contributed by atoms with Crippen LogP contribution >= 0.6 is 11.8 Å². The second-order valence-corrected chi connectivity index (χ2v) is 8.29. The number of carboxylic acids is 1. The fourth-order valence-electron chi connectivity index (χ4n) is 3.60. The number of non-ortho nitro benzene ring substituents is 1. The number of aliphatic hydroxyl groups excluding tert-OH is 1. The van der Waals surface area contributed by atoms with Crippen molar-refractivity contribution in [3.8, 4) is 0 Å². The topological polar surface area (TPSA) is 159 Å². The summed E-state index contributed by atoms with van der Waals surface area (Å²) in [5.74, 6) is -1.81. The molecule has 1 aromatic rings. The number of rotatable bonds is 9. The van der Waals surface area contributed by atoms with Crippen LogP contribution in [-0.4, -0.2) is 62.4 Å². The molecule has 2 amide bonds. The van der Waals surface area contributed by atoms with Gasteiger partial charge in [0.05, 0.1) is 23.0 Å². The maximum atomic E-state index is 12.2. The number of alkyl carbamates (subject to hydrolysis) is 1. The number of aliphatic hydroxyl groups is 1. The average molecular weight is 451 g/mol. The third kappa shape index (κ3) is 4.80. The molecular formula is C19H21N3O8S. The Bertz CT molecular complexity index is 931. The third-order valence-electron chi connectivity index (χ3n) is 5.06. The van der Waals surface area contributed by atoms with Gasteiger partial charge in [0, 0.05) is 35.8 Å². The second kappa shape index (κ2) is 9.35. The van der Waals surface area contributed by atoms with Crippen molar-refractivity contribution in [1.82, 2.24) is 10.2 Å². The molecule has 2 aliphatic rings. The predicted octanol–water partition coefficient (Wildman–Crippen LogP) is 1.46. The number of nitrogens with one attached hydrogen (secondary N) is 1. The zero-order valence-electron chi connectivity index (χ0n) is 16.5. The van der Waals surface area contributed by atoms with E-state index in [4.69, 9.17) is 4.74 Å². The first-order valence-electron chi connectivity index (χ1n) is 9.45. The molecule has 0 aliphatic carbocycles. The first-order chi connectivity index (χ1) is 14.7. The Balaban J connectivity index is 1.44. The van der Waals surface area contributed by atoms with Crippen LogP contribution in [0.5, 0.6) is 0 Å². The Morgan fingerprint density at radius 2 is 2.06 bits per heavy atom. The number of benzene rings is 1. The summed E-state index contributed by atoms with van der Waals surface area (Å²) in [7, 11) is 0. The number of nitrogens with zero attached hydrogens (tertiary/aromatic N) is 2. The van der Waals surface area contributed by atoms with E-state index in [9.17, 15) is 34.7 Å². The van der Waals surface area contributed by atoms with E-state index < -0.39 is 29.0 Å². The largest absolute Gasteiger partial charge is 0.477 e. The van der Waals surface area contributed by atoms with Crippen LogP contribution in [0.4, 0.5) is 10.5 Å². The number of aliphatic carboxylic acids is 1. The summed E-state index contributed by atoms with van der Waals surface area (Å²) in [6, 6.07) is 5.28. The molecule has 0 aromatic heterocycles. The number of β-lactam (4-membered cyclic amide) rings is 1. The number of fused-ring (bicyclic) bond motifs is 1. The predicted molar refractivity (Wildman–Crippen MR) is 109 cm³/mol. The molecule has 3 atom stereocenters. The molecule has 11 nitrogen and oxygen atoms in total. The summed E-state index contributed by atoms with van der Waals surface area (Å²) < 4.78 is 5.04. The summed E-state index contributed by atoms with van der Waals surface area (Å²) in [5.41, 5.74) is 0.482. The average Bonchev–Trinajstić information content (AvgIpc) is 3.04. The highest BCUT2D eigenvalue weighted by molar-refractivity contribution is 8.03. The Labute approximate surface area is 181 Å². The number of hydrogen-bond donors (Lipinski definition) is 3. The molecule has 1 saturated heterocycles. The molecule has 3 N–H and O–H groups in total. The minimum atomic E-state index is -1.20. The summed E-state index contributed by atoms with van der Waals surface area (Å²) in [6.07, 6.45) is -1.16. The van der Waals surface area contributed by atoms with Crippen LogP contribution in [0.25, 0.3) is 0 Å². The zero-order valence-corrected chi connectivity index (χ0v) is 17.3. The lowest BCUT2D eigenvalue weighted by Crippen LogP contribution is -2.61. The van der Waals surface area contributed by atoms with Crippen molar-refractivity contribution < 1.29 is 34.3 Å². The lowest BCUT2D eigenvalue weighted by Gasteiger charge is -2.44. The smallest absolute Gasteiger partial charge is 0.407 e. The van der Waals surface area contributed by atoms with E-state index >= 15 is 0 Å². The molecule has 0 saturated carbocycles. The van der Waals surface area contributed by atoms with E-state index in [-0.39, 0.29) is 36.5 Å². The van der Waals surface area contributed by atoms with E-state index in [0.717, 1.165) is 0 Å². The molecule has 166 valence electrons. The van der Waals surface area contributed by atoms with Crippen LogP contribution in [0, 0.1) is 16.0 Å². The highest BCUT2D eigenvalue weighted by atomic mass is 32.2. The van der Waals surface area contributed by atoms with Gasteiger partial charge in [-0.25, -0.2) is 9.59 Å². The molecule has 0 radical (unpaired) electrons. The normalized spacial score (nSPS) is 20.7. The highest BCUT2D eigenvalue weighted by Gasteiger charge is 2.56.